The minimum Gasteiger partial charge on any atom is -0.394 e. The molecule has 0 bridgehead atoms. The van der Waals surface area contributed by atoms with E-state index in [2.05, 4.69) is 4.57 Å². The highest BCUT2D eigenvalue weighted by Gasteiger charge is 2.62. The number of hydrogen-bond donors (Lipinski definition) is 1. The van der Waals surface area contributed by atoms with Gasteiger partial charge in [-0.05, 0) is 30.6 Å². The first-order chi connectivity index (χ1) is 6.70. The molecule has 0 saturated heterocycles. The SMILES string of the molecule is Nc1cn(CC2CC23CC3)ccc1=O. The van der Waals surface area contributed by atoms with Crippen molar-refractivity contribution in [2.75, 3.05) is 5.73 Å². The van der Waals surface area contributed by atoms with Crippen molar-refractivity contribution in [2.24, 2.45) is 11.3 Å². The summed E-state index contributed by atoms with van der Waals surface area (Å²) in [4.78, 5) is 11.1. The third kappa shape index (κ3) is 1.15. The zero-order valence-electron chi connectivity index (χ0n) is 8.07. The number of pyridine rings is 1. The van der Waals surface area contributed by atoms with Crippen LogP contribution in [0.25, 0.3) is 0 Å². The molecule has 1 aromatic heterocycles. The van der Waals surface area contributed by atoms with Crippen LogP contribution in [0.2, 0.25) is 0 Å². The predicted octanol–water partition coefficient (Wildman–Crippen LogP) is 1.23. The number of nitrogen functional groups attached to an aromatic ring is 1. The van der Waals surface area contributed by atoms with E-state index in [1.165, 1.54) is 19.3 Å². The lowest BCUT2D eigenvalue weighted by atomic mass is 10.3. The molecule has 2 aliphatic rings. The van der Waals surface area contributed by atoms with Crippen LogP contribution in [0, 0.1) is 11.3 Å². The molecule has 2 fully saturated rings. The Bertz CT molecular complexity index is 431. The molecular formula is C11H14N2O. The molecule has 3 heteroatoms. The number of rotatable bonds is 2. The lowest BCUT2D eigenvalue weighted by Gasteiger charge is -2.05. The molecule has 74 valence electrons. The van der Waals surface area contributed by atoms with Gasteiger partial charge in [0.2, 0.25) is 5.43 Å². The van der Waals surface area contributed by atoms with Crippen LogP contribution in [0.1, 0.15) is 19.3 Å². The summed E-state index contributed by atoms with van der Waals surface area (Å²) in [6.45, 7) is 1.03. The van der Waals surface area contributed by atoms with Crippen LogP contribution >= 0.6 is 0 Å². The molecule has 3 nitrogen and oxygen atoms in total. The van der Waals surface area contributed by atoms with Gasteiger partial charge in [0.25, 0.3) is 0 Å². The van der Waals surface area contributed by atoms with Gasteiger partial charge in [-0.25, -0.2) is 0 Å². The first-order valence-corrected chi connectivity index (χ1v) is 5.15. The summed E-state index contributed by atoms with van der Waals surface area (Å²) in [6.07, 6.45) is 7.80. The van der Waals surface area contributed by atoms with Crippen molar-refractivity contribution in [1.29, 1.82) is 0 Å². The molecule has 1 aromatic rings. The van der Waals surface area contributed by atoms with Crippen LogP contribution in [0.15, 0.2) is 23.3 Å². The lowest BCUT2D eigenvalue weighted by Crippen LogP contribution is -2.11. The Kier molecular flexibility index (Phi) is 1.39. The molecule has 1 atom stereocenters. The fourth-order valence-corrected chi connectivity index (χ4v) is 2.38. The summed E-state index contributed by atoms with van der Waals surface area (Å²) in [5.41, 5.74) is 6.57. The molecule has 14 heavy (non-hydrogen) atoms. The van der Waals surface area contributed by atoms with E-state index >= 15 is 0 Å². The van der Waals surface area contributed by atoms with Crippen molar-refractivity contribution < 1.29 is 0 Å². The predicted molar refractivity (Wildman–Crippen MR) is 54.9 cm³/mol. The fourth-order valence-electron chi connectivity index (χ4n) is 2.38. The Morgan fingerprint density at radius 2 is 2.36 bits per heavy atom. The van der Waals surface area contributed by atoms with Crippen LogP contribution in [0.5, 0.6) is 0 Å². The van der Waals surface area contributed by atoms with Gasteiger partial charge >= 0.3 is 0 Å². The summed E-state index contributed by atoms with van der Waals surface area (Å²) in [6, 6.07) is 1.55. The molecule has 1 spiro atoms. The second kappa shape index (κ2) is 2.41. The molecule has 0 aromatic carbocycles. The third-order valence-electron chi connectivity index (χ3n) is 3.69. The molecule has 0 aliphatic heterocycles. The van der Waals surface area contributed by atoms with Crippen LogP contribution in [-0.2, 0) is 6.54 Å². The number of anilines is 1. The Hall–Kier alpha value is -1.25. The van der Waals surface area contributed by atoms with Crippen molar-refractivity contribution in [3.05, 3.63) is 28.7 Å². The van der Waals surface area contributed by atoms with E-state index in [0.717, 1.165) is 17.9 Å². The molecule has 3 rings (SSSR count). The number of nitrogens with zero attached hydrogens (tertiary/aromatic N) is 1. The molecule has 2 N–H and O–H groups in total. The molecule has 1 heterocycles. The van der Waals surface area contributed by atoms with Crippen LogP contribution in [0.4, 0.5) is 5.69 Å². The van der Waals surface area contributed by atoms with Crippen molar-refractivity contribution in [1.82, 2.24) is 4.57 Å². The van der Waals surface area contributed by atoms with Gasteiger partial charge in [-0.1, -0.05) is 0 Å². The van der Waals surface area contributed by atoms with E-state index in [1.54, 1.807) is 12.3 Å². The summed E-state index contributed by atoms with van der Waals surface area (Å²) in [7, 11) is 0. The van der Waals surface area contributed by atoms with E-state index in [9.17, 15) is 4.79 Å². The minimum absolute atomic E-state index is 0.0711. The van der Waals surface area contributed by atoms with E-state index in [4.69, 9.17) is 5.73 Å². The fraction of sp³-hybridized carbons (Fsp3) is 0.545. The molecule has 2 aliphatic carbocycles. The van der Waals surface area contributed by atoms with Gasteiger partial charge in [0.15, 0.2) is 0 Å². The second-order valence-electron chi connectivity index (χ2n) is 4.72. The topological polar surface area (TPSA) is 48.0 Å². The van der Waals surface area contributed by atoms with Gasteiger partial charge in [0.1, 0.15) is 0 Å². The summed E-state index contributed by atoms with van der Waals surface area (Å²) >= 11 is 0. The molecule has 2 saturated carbocycles. The third-order valence-corrected chi connectivity index (χ3v) is 3.69. The summed E-state index contributed by atoms with van der Waals surface area (Å²) < 4.78 is 2.05. The molecule has 1 unspecified atom stereocenters. The monoisotopic (exact) mass is 190 g/mol. The smallest absolute Gasteiger partial charge is 0.204 e. The number of hydrogen-bond acceptors (Lipinski definition) is 2. The Labute approximate surface area is 82.5 Å². The zero-order chi connectivity index (χ0) is 9.76. The van der Waals surface area contributed by atoms with E-state index < -0.39 is 0 Å². The maximum Gasteiger partial charge on any atom is 0.204 e. The quantitative estimate of drug-likeness (QED) is 0.762. The lowest BCUT2D eigenvalue weighted by molar-refractivity contribution is 0.571. The summed E-state index contributed by atoms with van der Waals surface area (Å²) in [5.74, 6) is 0.837. The van der Waals surface area contributed by atoms with E-state index in [0.29, 0.717) is 5.69 Å². The van der Waals surface area contributed by atoms with Gasteiger partial charge in [-0.15, -0.1) is 0 Å². The average Bonchev–Trinajstić information content (AvgIpc) is 3.03. The van der Waals surface area contributed by atoms with Crippen molar-refractivity contribution in [2.45, 2.75) is 25.8 Å². The van der Waals surface area contributed by atoms with Crippen LogP contribution < -0.4 is 11.2 Å². The Morgan fingerprint density at radius 1 is 1.57 bits per heavy atom. The molecular weight excluding hydrogens is 176 g/mol. The Morgan fingerprint density at radius 3 is 2.93 bits per heavy atom. The standard InChI is InChI=1S/C11H14N2O/c12-9-7-13(4-1-10(9)14)6-8-5-11(8)2-3-11/h1,4,7-8H,2-3,5-6,12H2. The number of aromatic nitrogens is 1. The van der Waals surface area contributed by atoms with Gasteiger partial charge in [-0.3, -0.25) is 4.79 Å². The van der Waals surface area contributed by atoms with Gasteiger partial charge in [0.05, 0.1) is 5.69 Å². The Balaban J connectivity index is 1.77. The zero-order valence-corrected chi connectivity index (χ0v) is 8.07. The maximum absolute atomic E-state index is 11.1. The highest BCUT2D eigenvalue weighted by molar-refractivity contribution is 5.33. The highest BCUT2D eigenvalue weighted by Crippen LogP contribution is 2.70. The van der Waals surface area contributed by atoms with Crippen molar-refractivity contribution in [3.8, 4) is 0 Å². The maximum atomic E-state index is 11.1. The minimum atomic E-state index is -0.0711. The van der Waals surface area contributed by atoms with Gasteiger partial charge in [0, 0.05) is 25.0 Å². The van der Waals surface area contributed by atoms with Crippen LogP contribution in [0.3, 0.4) is 0 Å². The molecule has 0 amide bonds. The summed E-state index contributed by atoms with van der Waals surface area (Å²) in [5, 5.41) is 0. The average molecular weight is 190 g/mol. The van der Waals surface area contributed by atoms with Gasteiger partial charge < -0.3 is 10.3 Å². The van der Waals surface area contributed by atoms with Crippen molar-refractivity contribution in [3.63, 3.8) is 0 Å². The molecule has 0 radical (unpaired) electrons. The highest BCUT2D eigenvalue weighted by atomic mass is 16.1. The van der Waals surface area contributed by atoms with Crippen molar-refractivity contribution >= 4 is 5.69 Å². The first kappa shape index (κ1) is 8.09. The van der Waals surface area contributed by atoms with E-state index in [-0.39, 0.29) is 5.43 Å². The number of nitrogens with two attached hydrogens (primary N) is 1. The first-order valence-electron chi connectivity index (χ1n) is 5.15. The second-order valence-corrected chi connectivity index (χ2v) is 4.72. The normalized spacial score (nSPS) is 26.4. The van der Waals surface area contributed by atoms with Crippen LogP contribution in [-0.4, -0.2) is 4.57 Å². The van der Waals surface area contributed by atoms with E-state index in [1.807, 2.05) is 6.20 Å². The largest absolute Gasteiger partial charge is 0.394 e. The van der Waals surface area contributed by atoms with Gasteiger partial charge in [-0.2, -0.15) is 0 Å².